The van der Waals surface area contributed by atoms with Crippen molar-refractivity contribution in [1.29, 1.82) is 0 Å². The fourth-order valence-corrected chi connectivity index (χ4v) is 3.28. The quantitative estimate of drug-likeness (QED) is 0.715. The third kappa shape index (κ3) is 3.60. The summed E-state index contributed by atoms with van der Waals surface area (Å²) in [6.45, 7) is 2.94. The van der Waals surface area contributed by atoms with Crippen molar-refractivity contribution in [3.63, 3.8) is 0 Å². The van der Waals surface area contributed by atoms with Crippen LogP contribution in [0, 0.1) is 6.92 Å². The summed E-state index contributed by atoms with van der Waals surface area (Å²) in [6.07, 6.45) is 1.65. The van der Waals surface area contributed by atoms with E-state index in [1.165, 1.54) is 0 Å². The van der Waals surface area contributed by atoms with Crippen LogP contribution >= 0.6 is 0 Å². The van der Waals surface area contributed by atoms with Gasteiger partial charge >= 0.3 is 0 Å². The van der Waals surface area contributed by atoms with Crippen LogP contribution in [0.4, 0.5) is 5.69 Å². The van der Waals surface area contributed by atoms with Crippen molar-refractivity contribution in [2.45, 2.75) is 13.5 Å². The van der Waals surface area contributed by atoms with E-state index >= 15 is 0 Å². The zero-order chi connectivity index (χ0) is 19.5. The van der Waals surface area contributed by atoms with Gasteiger partial charge in [-0.3, -0.25) is 9.78 Å². The molecule has 1 aliphatic rings. The number of nitrogens with one attached hydrogen (secondary N) is 1. The molecule has 0 spiro atoms. The molecule has 28 heavy (non-hydrogen) atoms. The van der Waals surface area contributed by atoms with E-state index in [9.17, 15) is 4.79 Å². The number of hydrogen-bond donors (Lipinski definition) is 2. The molecule has 0 atom stereocenters. The zero-order valence-electron chi connectivity index (χ0n) is 15.6. The smallest absolute Gasteiger partial charge is 0.274 e. The summed E-state index contributed by atoms with van der Waals surface area (Å²) in [5.74, 6) is 0.309. The van der Waals surface area contributed by atoms with E-state index in [-0.39, 0.29) is 18.2 Å². The molecule has 0 saturated heterocycles. The van der Waals surface area contributed by atoms with Gasteiger partial charge < -0.3 is 15.3 Å². The number of aromatic nitrogens is 1. The number of amides is 1. The summed E-state index contributed by atoms with van der Waals surface area (Å²) in [4.78, 5) is 22.7. The number of aliphatic hydroxyl groups excluding tert-OH is 1. The molecule has 1 aromatic heterocycles. The third-order valence-electron chi connectivity index (χ3n) is 4.77. The number of aliphatic hydroxyl groups is 1. The maximum Gasteiger partial charge on any atom is 0.274 e. The molecule has 0 unspecified atom stereocenters. The van der Waals surface area contributed by atoms with Gasteiger partial charge in [-0.1, -0.05) is 42.5 Å². The molecule has 1 amide bonds. The lowest BCUT2D eigenvalue weighted by Crippen LogP contribution is -2.24. The Kier molecular flexibility index (Phi) is 5.06. The number of carbonyl (C=O) groups excluding carboxylic acids is 1. The second-order valence-electron chi connectivity index (χ2n) is 6.65. The van der Waals surface area contributed by atoms with Crippen molar-refractivity contribution in [2.24, 2.45) is 0 Å². The van der Waals surface area contributed by atoms with Crippen molar-refractivity contribution in [3.05, 3.63) is 77.6 Å². The van der Waals surface area contributed by atoms with Gasteiger partial charge in [-0.15, -0.1) is 5.06 Å². The van der Waals surface area contributed by atoms with E-state index in [0.717, 1.165) is 27.9 Å². The van der Waals surface area contributed by atoms with Crippen LogP contribution in [0.1, 0.15) is 21.6 Å². The predicted molar refractivity (Wildman–Crippen MR) is 107 cm³/mol. The highest BCUT2D eigenvalue weighted by Crippen LogP contribution is 2.30. The van der Waals surface area contributed by atoms with Gasteiger partial charge in [-0.2, -0.15) is 0 Å². The number of rotatable bonds is 5. The molecular weight excluding hydrogens is 354 g/mol. The summed E-state index contributed by atoms with van der Waals surface area (Å²) >= 11 is 0. The molecule has 0 fully saturated rings. The van der Waals surface area contributed by atoms with Gasteiger partial charge in [0, 0.05) is 23.5 Å². The van der Waals surface area contributed by atoms with Crippen LogP contribution in [0.5, 0.6) is 5.75 Å². The number of fused-ring (bicyclic) bond motifs is 1. The third-order valence-corrected chi connectivity index (χ3v) is 4.77. The highest BCUT2D eigenvalue weighted by Gasteiger charge is 2.23. The Bertz CT molecular complexity index is 1010. The second-order valence-corrected chi connectivity index (χ2v) is 6.65. The molecule has 0 bridgehead atoms. The van der Waals surface area contributed by atoms with Gasteiger partial charge in [0.2, 0.25) is 0 Å². The first-order chi connectivity index (χ1) is 13.7. The van der Waals surface area contributed by atoms with E-state index in [4.69, 9.17) is 9.94 Å². The first kappa shape index (κ1) is 18.2. The molecule has 3 aromatic rings. The first-order valence-corrected chi connectivity index (χ1v) is 9.15. The van der Waals surface area contributed by atoms with Crippen molar-refractivity contribution < 1.29 is 14.7 Å². The number of hydrogen-bond acceptors (Lipinski definition) is 5. The van der Waals surface area contributed by atoms with Crippen LogP contribution in [0.2, 0.25) is 0 Å². The Morgan fingerprint density at radius 2 is 2.04 bits per heavy atom. The summed E-state index contributed by atoms with van der Waals surface area (Å²) < 4.78 is 0. The van der Waals surface area contributed by atoms with Crippen LogP contribution in [-0.4, -0.2) is 34.2 Å². The maximum atomic E-state index is 12.7. The van der Waals surface area contributed by atoms with Crippen LogP contribution in [0.25, 0.3) is 11.1 Å². The van der Waals surface area contributed by atoms with Gasteiger partial charge in [0.1, 0.15) is 5.69 Å². The standard InChI is InChI=1S/C22H21N3O3/c1-15-18(16-6-3-2-4-7-16)8-5-9-19(15)24-22(27)20-12-21-17(13-23-20)14-25(28-21)10-11-26/h2-9,12-13,26H,10-11,14H2,1H3,(H,24,27). The molecule has 6 heteroatoms. The lowest BCUT2D eigenvalue weighted by atomic mass is 9.99. The fourth-order valence-electron chi connectivity index (χ4n) is 3.28. The van der Waals surface area contributed by atoms with Crippen LogP contribution in [0.3, 0.4) is 0 Å². The number of β-amino-alcohol motifs (C(OH)–C–C–N with tert-alkyl or cyclic N) is 1. The molecular formula is C22H21N3O3. The van der Waals surface area contributed by atoms with E-state index in [0.29, 0.717) is 18.8 Å². The predicted octanol–water partition coefficient (Wildman–Crippen LogP) is 3.41. The molecule has 2 N–H and O–H groups in total. The monoisotopic (exact) mass is 375 g/mol. The Labute approximate surface area is 163 Å². The van der Waals surface area contributed by atoms with Crippen LogP contribution in [0.15, 0.2) is 60.8 Å². The summed E-state index contributed by atoms with van der Waals surface area (Å²) in [5, 5.41) is 13.6. The van der Waals surface area contributed by atoms with Crippen LogP contribution < -0.4 is 10.2 Å². The van der Waals surface area contributed by atoms with Gasteiger partial charge in [0.05, 0.1) is 19.7 Å². The fraction of sp³-hybridized carbons (Fsp3) is 0.182. The maximum absolute atomic E-state index is 12.7. The number of carbonyl (C=O) groups is 1. The molecule has 0 aliphatic carbocycles. The van der Waals surface area contributed by atoms with Gasteiger partial charge in [0.15, 0.2) is 5.75 Å². The largest absolute Gasteiger partial charge is 0.405 e. The molecule has 6 nitrogen and oxygen atoms in total. The average Bonchev–Trinajstić information content (AvgIpc) is 3.12. The SMILES string of the molecule is Cc1c(NC(=O)c2cc3c(cn2)CN(CCO)O3)cccc1-c1ccccc1. The molecule has 4 rings (SSSR count). The van der Waals surface area contributed by atoms with Crippen molar-refractivity contribution in [3.8, 4) is 16.9 Å². The molecule has 0 radical (unpaired) electrons. The van der Waals surface area contributed by atoms with E-state index in [1.54, 1.807) is 17.3 Å². The Morgan fingerprint density at radius 1 is 1.21 bits per heavy atom. The second kappa shape index (κ2) is 7.80. The number of anilines is 1. The van der Waals surface area contributed by atoms with Crippen molar-refractivity contribution in [2.75, 3.05) is 18.5 Å². The van der Waals surface area contributed by atoms with Gasteiger partial charge in [-0.05, 0) is 29.7 Å². The van der Waals surface area contributed by atoms with Gasteiger partial charge in [0.25, 0.3) is 5.91 Å². The lowest BCUT2D eigenvalue weighted by Gasteiger charge is -2.13. The first-order valence-electron chi connectivity index (χ1n) is 9.15. The average molecular weight is 375 g/mol. The number of pyridine rings is 1. The Morgan fingerprint density at radius 3 is 2.82 bits per heavy atom. The normalized spacial score (nSPS) is 13.1. The lowest BCUT2D eigenvalue weighted by molar-refractivity contribution is -0.0526. The highest BCUT2D eigenvalue weighted by atomic mass is 16.7. The number of benzene rings is 2. The van der Waals surface area contributed by atoms with E-state index in [1.807, 2.05) is 55.5 Å². The topological polar surface area (TPSA) is 74.7 Å². The van der Waals surface area contributed by atoms with E-state index < -0.39 is 0 Å². The zero-order valence-corrected chi connectivity index (χ0v) is 15.6. The molecule has 0 saturated carbocycles. The number of hydroxylamine groups is 2. The minimum atomic E-state index is -0.291. The van der Waals surface area contributed by atoms with E-state index in [2.05, 4.69) is 10.3 Å². The molecule has 142 valence electrons. The summed E-state index contributed by atoms with van der Waals surface area (Å²) in [6, 6.07) is 17.5. The summed E-state index contributed by atoms with van der Waals surface area (Å²) in [5.41, 5.74) is 5.10. The van der Waals surface area contributed by atoms with Crippen molar-refractivity contribution in [1.82, 2.24) is 10.0 Å². The minimum Gasteiger partial charge on any atom is -0.405 e. The minimum absolute atomic E-state index is 0.00575. The highest BCUT2D eigenvalue weighted by molar-refractivity contribution is 6.04. The van der Waals surface area contributed by atoms with Gasteiger partial charge in [-0.25, -0.2) is 0 Å². The van der Waals surface area contributed by atoms with Crippen molar-refractivity contribution >= 4 is 11.6 Å². The molecule has 1 aliphatic heterocycles. The summed E-state index contributed by atoms with van der Waals surface area (Å²) in [7, 11) is 0. The Balaban J connectivity index is 1.55. The molecule has 2 aromatic carbocycles. The number of nitrogens with zero attached hydrogens (tertiary/aromatic N) is 2. The van der Waals surface area contributed by atoms with Crippen LogP contribution in [-0.2, 0) is 6.54 Å². The molecule has 2 heterocycles. The Hall–Kier alpha value is -3.22.